The van der Waals surface area contributed by atoms with Gasteiger partial charge in [-0.2, -0.15) is 0 Å². The van der Waals surface area contributed by atoms with Gasteiger partial charge in [0.15, 0.2) is 0 Å². The van der Waals surface area contributed by atoms with Crippen LogP contribution in [0.2, 0.25) is 0 Å². The molecule has 3 heteroatoms. The molecule has 0 aromatic rings. The van der Waals surface area contributed by atoms with E-state index >= 15 is 0 Å². The van der Waals surface area contributed by atoms with Gasteiger partial charge in [0.05, 0.1) is 18.8 Å². The van der Waals surface area contributed by atoms with Crippen LogP contribution in [0.1, 0.15) is 39.0 Å². The van der Waals surface area contributed by atoms with Gasteiger partial charge in [0.1, 0.15) is 0 Å². The summed E-state index contributed by atoms with van der Waals surface area (Å²) in [6, 6.07) is -0.154. The van der Waals surface area contributed by atoms with Gasteiger partial charge in [0.25, 0.3) is 0 Å². The fourth-order valence-corrected chi connectivity index (χ4v) is 2.26. The normalized spacial score (nSPS) is 25.1. The number of piperidine rings is 1. The van der Waals surface area contributed by atoms with Crippen molar-refractivity contribution in [1.29, 1.82) is 0 Å². The van der Waals surface area contributed by atoms with Gasteiger partial charge >= 0.3 is 0 Å². The number of nitrogens with zero attached hydrogens (tertiary/aromatic N) is 1. The fraction of sp³-hybridized carbons (Fsp3) is 0.625. The summed E-state index contributed by atoms with van der Waals surface area (Å²) in [6.45, 7) is 3.10. The molecule has 0 aliphatic carbocycles. The third kappa shape index (κ3) is 6.08. The minimum Gasteiger partial charge on any atom is -0.394 e. The van der Waals surface area contributed by atoms with E-state index in [-0.39, 0.29) is 12.6 Å². The van der Waals surface area contributed by atoms with E-state index in [4.69, 9.17) is 0 Å². The second-order valence-electron chi connectivity index (χ2n) is 4.99. The smallest absolute Gasteiger partial charge is 0.0774 e. The molecule has 0 spiro atoms. The standard InChI is InChI=1S/C16H27NO2/c1-2-3-4-5-6-7-8-9-12-17-13-10-11-16(19)15(17)14-18/h5-9,12,15-16,18-19H,2-4,10-11,13-14H2,1H3/b6-5+,8-7+,12-9+/t15-,16-/m1/s1. The highest BCUT2D eigenvalue weighted by Gasteiger charge is 2.26. The summed E-state index contributed by atoms with van der Waals surface area (Å²) < 4.78 is 0. The van der Waals surface area contributed by atoms with Crippen LogP contribution in [0.3, 0.4) is 0 Å². The molecule has 0 radical (unpaired) electrons. The van der Waals surface area contributed by atoms with Gasteiger partial charge in [-0.1, -0.05) is 44.1 Å². The molecule has 19 heavy (non-hydrogen) atoms. The lowest BCUT2D eigenvalue weighted by atomic mass is 10.00. The van der Waals surface area contributed by atoms with Crippen LogP contribution in [0.4, 0.5) is 0 Å². The Hall–Kier alpha value is -1.06. The van der Waals surface area contributed by atoms with Gasteiger partial charge in [-0.3, -0.25) is 0 Å². The summed E-state index contributed by atoms with van der Waals surface area (Å²) in [4.78, 5) is 2.03. The molecular weight excluding hydrogens is 238 g/mol. The quantitative estimate of drug-likeness (QED) is 0.549. The molecule has 2 N–H and O–H groups in total. The first kappa shape index (κ1) is 16.0. The van der Waals surface area contributed by atoms with Crippen LogP contribution >= 0.6 is 0 Å². The molecule has 0 aromatic heterocycles. The van der Waals surface area contributed by atoms with Crippen molar-refractivity contribution in [2.45, 2.75) is 51.2 Å². The van der Waals surface area contributed by atoms with Crippen molar-refractivity contribution in [2.75, 3.05) is 13.2 Å². The largest absolute Gasteiger partial charge is 0.394 e. The van der Waals surface area contributed by atoms with Crippen LogP contribution in [-0.4, -0.2) is 40.4 Å². The Balaban J connectivity index is 2.34. The van der Waals surface area contributed by atoms with E-state index < -0.39 is 6.10 Å². The molecule has 2 atom stereocenters. The van der Waals surface area contributed by atoms with Crippen molar-refractivity contribution in [3.8, 4) is 0 Å². The van der Waals surface area contributed by atoms with Crippen LogP contribution in [0.15, 0.2) is 36.6 Å². The van der Waals surface area contributed by atoms with Crippen LogP contribution < -0.4 is 0 Å². The highest BCUT2D eigenvalue weighted by molar-refractivity contribution is 5.11. The predicted molar refractivity (Wildman–Crippen MR) is 79.8 cm³/mol. The topological polar surface area (TPSA) is 43.7 Å². The number of unbranched alkanes of at least 4 members (excludes halogenated alkanes) is 2. The molecule has 1 rings (SSSR count). The molecule has 0 unspecified atom stereocenters. The van der Waals surface area contributed by atoms with Crippen LogP contribution in [0, 0.1) is 0 Å². The van der Waals surface area contributed by atoms with Gasteiger partial charge in [-0.25, -0.2) is 0 Å². The highest BCUT2D eigenvalue weighted by Crippen LogP contribution is 2.17. The first-order valence-electron chi connectivity index (χ1n) is 7.34. The Morgan fingerprint density at radius 1 is 1.21 bits per heavy atom. The maximum absolute atomic E-state index is 9.80. The average Bonchev–Trinajstić information content (AvgIpc) is 2.42. The van der Waals surface area contributed by atoms with Crippen molar-refractivity contribution in [3.63, 3.8) is 0 Å². The van der Waals surface area contributed by atoms with Gasteiger partial charge in [0, 0.05) is 6.54 Å². The average molecular weight is 265 g/mol. The van der Waals surface area contributed by atoms with E-state index in [2.05, 4.69) is 19.1 Å². The van der Waals surface area contributed by atoms with E-state index in [0.717, 1.165) is 25.8 Å². The lowest BCUT2D eigenvalue weighted by Crippen LogP contribution is -2.47. The van der Waals surface area contributed by atoms with Gasteiger partial charge in [-0.05, 0) is 31.5 Å². The molecule has 0 saturated carbocycles. The van der Waals surface area contributed by atoms with Crippen molar-refractivity contribution >= 4 is 0 Å². The summed E-state index contributed by atoms with van der Waals surface area (Å²) in [5, 5.41) is 19.1. The molecule has 0 amide bonds. The van der Waals surface area contributed by atoms with E-state index in [1.54, 1.807) is 0 Å². The van der Waals surface area contributed by atoms with E-state index in [1.165, 1.54) is 12.8 Å². The van der Waals surface area contributed by atoms with Crippen LogP contribution in [-0.2, 0) is 0 Å². The van der Waals surface area contributed by atoms with Crippen molar-refractivity contribution in [2.24, 2.45) is 0 Å². The molecule has 1 heterocycles. The third-order valence-corrected chi connectivity index (χ3v) is 3.44. The minimum atomic E-state index is -0.415. The first-order chi connectivity index (χ1) is 9.29. The maximum Gasteiger partial charge on any atom is 0.0774 e. The number of allylic oxidation sites excluding steroid dienone is 5. The van der Waals surface area contributed by atoms with E-state index in [9.17, 15) is 10.2 Å². The highest BCUT2D eigenvalue weighted by atomic mass is 16.3. The van der Waals surface area contributed by atoms with Crippen molar-refractivity contribution < 1.29 is 10.2 Å². The lowest BCUT2D eigenvalue weighted by molar-refractivity contribution is 0.00694. The monoisotopic (exact) mass is 265 g/mol. The number of rotatable bonds is 7. The van der Waals surface area contributed by atoms with E-state index in [1.807, 2.05) is 29.3 Å². The second kappa shape index (κ2) is 9.82. The molecule has 1 aliphatic heterocycles. The number of hydrogen-bond acceptors (Lipinski definition) is 3. The lowest BCUT2D eigenvalue weighted by Gasteiger charge is -2.37. The third-order valence-electron chi connectivity index (χ3n) is 3.44. The fourth-order valence-electron chi connectivity index (χ4n) is 2.26. The Bertz CT molecular complexity index is 310. The Labute approximate surface area is 116 Å². The zero-order valence-electron chi connectivity index (χ0n) is 11.9. The molecule has 0 bridgehead atoms. The van der Waals surface area contributed by atoms with Crippen LogP contribution in [0.5, 0.6) is 0 Å². The summed E-state index contributed by atoms with van der Waals surface area (Å²) in [7, 11) is 0. The summed E-state index contributed by atoms with van der Waals surface area (Å²) in [5.74, 6) is 0. The molecule has 1 aliphatic rings. The van der Waals surface area contributed by atoms with E-state index in [0.29, 0.717) is 0 Å². The van der Waals surface area contributed by atoms with Gasteiger partial charge < -0.3 is 15.1 Å². The second-order valence-corrected chi connectivity index (χ2v) is 4.99. The summed E-state index contributed by atoms with van der Waals surface area (Å²) in [6.07, 6.45) is 17.1. The maximum atomic E-state index is 9.80. The van der Waals surface area contributed by atoms with Gasteiger partial charge in [-0.15, -0.1) is 0 Å². The molecule has 1 saturated heterocycles. The Kier molecular flexibility index (Phi) is 8.26. The SMILES string of the molecule is CCCC/C=C/C=C/C=C/N1CCC[C@@H](O)[C@H]1CO. The molecule has 1 fully saturated rings. The zero-order valence-corrected chi connectivity index (χ0v) is 11.9. The number of likely N-dealkylation sites (tertiary alicyclic amines) is 1. The molecule has 3 nitrogen and oxygen atoms in total. The molecular formula is C16H27NO2. The molecule has 108 valence electrons. The number of aliphatic hydroxyl groups excluding tert-OH is 2. The number of aliphatic hydroxyl groups is 2. The summed E-state index contributed by atoms with van der Waals surface area (Å²) in [5.41, 5.74) is 0. The minimum absolute atomic E-state index is 0.00609. The van der Waals surface area contributed by atoms with Gasteiger partial charge in [0.2, 0.25) is 0 Å². The zero-order chi connectivity index (χ0) is 13.9. The Morgan fingerprint density at radius 3 is 2.74 bits per heavy atom. The predicted octanol–water partition coefficient (Wildman–Crippen LogP) is 2.62. The van der Waals surface area contributed by atoms with Crippen molar-refractivity contribution in [3.05, 3.63) is 36.6 Å². The number of hydrogen-bond donors (Lipinski definition) is 2. The summed E-state index contributed by atoms with van der Waals surface area (Å²) >= 11 is 0. The van der Waals surface area contributed by atoms with Crippen LogP contribution in [0.25, 0.3) is 0 Å². The first-order valence-corrected chi connectivity index (χ1v) is 7.34. The van der Waals surface area contributed by atoms with Crippen molar-refractivity contribution in [1.82, 2.24) is 4.90 Å². The molecule has 0 aromatic carbocycles. The Morgan fingerprint density at radius 2 is 2.00 bits per heavy atom.